The molecule has 0 bridgehead atoms. The molecule has 0 aliphatic heterocycles. The number of nitrogens with zero attached hydrogens (tertiary/aromatic N) is 3. The second-order valence-corrected chi connectivity index (χ2v) is 3.81. The molecule has 18 heavy (non-hydrogen) atoms. The Hall–Kier alpha value is -2.31. The van der Waals surface area contributed by atoms with Gasteiger partial charge in [-0.1, -0.05) is 0 Å². The third kappa shape index (κ3) is 1.73. The van der Waals surface area contributed by atoms with Crippen molar-refractivity contribution in [1.82, 2.24) is 19.7 Å². The quantitative estimate of drug-likeness (QED) is 0.723. The molecule has 1 N–H and O–H groups in total. The summed E-state index contributed by atoms with van der Waals surface area (Å²) in [6, 6.07) is 5.19. The van der Waals surface area contributed by atoms with E-state index < -0.39 is 11.9 Å². The number of alkyl halides is 3. The normalized spacial score (nSPS) is 12.2. The van der Waals surface area contributed by atoms with E-state index in [0.717, 1.165) is 23.4 Å². The van der Waals surface area contributed by atoms with Gasteiger partial charge in [0.25, 0.3) is 0 Å². The van der Waals surface area contributed by atoms with Gasteiger partial charge in [-0.3, -0.25) is 5.10 Å². The molecule has 0 aliphatic rings. The molecule has 1 aromatic carbocycles. The zero-order chi connectivity index (χ0) is 12.8. The van der Waals surface area contributed by atoms with Gasteiger partial charge in [0.2, 0.25) is 0 Å². The SMILES string of the molecule is FC(F)(F)c1cn(-c2ccc3[nH]ncc3c2)cn1. The van der Waals surface area contributed by atoms with Gasteiger partial charge in [-0.15, -0.1) is 0 Å². The molecule has 3 aromatic rings. The summed E-state index contributed by atoms with van der Waals surface area (Å²) in [5.74, 6) is 0. The van der Waals surface area contributed by atoms with Gasteiger partial charge in [0.15, 0.2) is 5.69 Å². The van der Waals surface area contributed by atoms with Crippen LogP contribution in [0, 0.1) is 0 Å². The number of benzene rings is 1. The molecule has 0 fully saturated rings. The zero-order valence-electron chi connectivity index (χ0n) is 8.94. The van der Waals surface area contributed by atoms with Crippen LogP contribution in [-0.4, -0.2) is 19.7 Å². The summed E-state index contributed by atoms with van der Waals surface area (Å²) < 4.78 is 38.6. The Labute approximate surface area is 99.1 Å². The van der Waals surface area contributed by atoms with Crippen LogP contribution in [0.4, 0.5) is 13.2 Å². The first-order chi connectivity index (χ1) is 8.54. The van der Waals surface area contributed by atoms with Crippen LogP contribution in [0.5, 0.6) is 0 Å². The molecule has 0 spiro atoms. The van der Waals surface area contributed by atoms with E-state index in [1.165, 1.54) is 4.57 Å². The highest BCUT2D eigenvalue weighted by atomic mass is 19.4. The first-order valence-corrected chi connectivity index (χ1v) is 5.09. The van der Waals surface area contributed by atoms with Crippen LogP contribution in [0.1, 0.15) is 5.69 Å². The number of rotatable bonds is 1. The first kappa shape index (κ1) is 10.8. The first-order valence-electron chi connectivity index (χ1n) is 5.09. The van der Waals surface area contributed by atoms with Crippen molar-refractivity contribution in [3.63, 3.8) is 0 Å². The highest BCUT2D eigenvalue weighted by Gasteiger charge is 2.33. The topological polar surface area (TPSA) is 46.5 Å². The maximum absolute atomic E-state index is 12.4. The Bertz CT molecular complexity index is 695. The second kappa shape index (κ2) is 3.59. The average Bonchev–Trinajstić information content (AvgIpc) is 2.96. The number of nitrogens with one attached hydrogen (secondary N) is 1. The third-order valence-electron chi connectivity index (χ3n) is 2.59. The third-order valence-corrected chi connectivity index (χ3v) is 2.59. The number of halogens is 3. The molecule has 3 rings (SSSR count). The fraction of sp³-hybridized carbons (Fsp3) is 0.0909. The van der Waals surface area contributed by atoms with Crippen LogP contribution in [0.15, 0.2) is 36.9 Å². The summed E-state index contributed by atoms with van der Waals surface area (Å²) >= 11 is 0. The summed E-state index contributed by atoms with van der Waals surface area (Å²) in [4.78, 5) is 3.35. The summed E-state index contributed by atoms with van der Waals surface area (Å²) in [6.45, 7) is 0. The van der Waals surface area contributed by atoms with Gasteiger partial charge >= 0.3 is 6.18 Å². The van der Waals surface area contributed by atoms with Crippen LogP contribution in [0.2, 0.25) is 0 Å². The number of hydrogen-bond acceptors (Lipinski definition) is 2. The molecule has 0 aliphatic carbocycles. The van der Waals surface area contributed by atoms with E-state index in [9.17, 15) is 13.2 Å². The standard InChI is InChI=1S/C11H7F3N4/c12-11(13,14)10-5-18(6-15-10)8-1-2-9-7(3-8)4-16-17-9/h1-6H,(H,16,17). The van der Waals surface area contributed by atoms with Crippen molar-refractivity contribution in [3.8, 4) is 5.69 Å². The maximum Gasteiger partial charge on any atom is 0.434 e. The lowest BCUT2D eigenvalue weighted by molar-refractivity contribution is -0.140. The van der Waals surface area contributed by atoms with Gasteiger partial charge in [-0.05, 0) is 18.2 Å². The molecule has 92 valence electrons. The predicted molar refractivity (Wildman–Crippen MR) is 58.2 cm³/mol. The van der Waals surface area contributed by atoms with Crippen molar-refractivity contribution in [1.29, 1.82) is 0 Å². The molecule has 0 unspecified atom stereocenters. The number of aromatic nitrogens is 4. The maximum atomic E-state index is 12.4. The van der Waals surface area contributed by atoms with E-state index in [4.69, 9.17) is 0 Å². The van der Waals surface area contributed by atoms with Crippen molar-refractivity contribution in [3.05, 3.63) is 42.6 Å². The molecule has 0 atom stereocenters. The minimum Gasteiger partial charge on any atom is -0.306 e. The summed E-state index contributed by atoms with van der Waals surface area (Å²) in [6.07, 6.45) is -0.712. The van der Waals surface area contributed by atoms with E-state index >= 15 is 0 Å². The fourth-order valence-electron chi connectivity index (χ4n) is 1.70. The van der Waals surface area contributed by atoms with Crippen molar-refractivity contribution >= 4 is 10.9 Å². The summed E-state index contributed by atoms with van der Waals surface area (Å²) in [5.41, 5.74) is 0.525. The number of H-pyrrole nitrogens is 1. The highest BCUT2D eigenvalue weighted by Crippen LogP contribution is 2.28. The van der Waals surface area contributed by atoms with Crippen molar-refractivity contribution in [2.45, 2.75) is 6.18 Å². The lowest BCUT2D eigenvalue weighted by Gasteiger charge is -2.02. The largest absolute Gasteiger partial charge is 0.434 e. The highest BCUT2D eigenvalue weighted by molar-refractivity contribution is 5.80. The van der Waals surface area contributed by atoms with Crippen LogP contribution < -0.4 is 0 Å². The smallest absolute Gasteiger partial charge is 0.306 e. The Morgan fingerprint density at radius 1 is 1.22 bits per heavy atom. The number of fused-ring (bicyclic) bond motifs is 1. The molecule has 2 aromatic heterocycles. The van der Waals surface area contributed by atoms with Gasteiger partial charge in [-0.25, -0.2) is 4.98 Å². The minimum atomic E-state index is -4.43. The van der Waals surface area contributed by atoms with Gasteiger partial charge < -0.3 is 4.57 Å². The summed E-state index contributed by atoms with van der Waals surface area (Å²) in [7, 11) is 0. The molecule has 7 heteroatoms. The van der Waals surface area contributed by atoms with Gasteiger partial charge in [0.05, 0.1) is 18.0 Å². The molecular weight excluding hydrogens is 245 g/mol. The number of hydrogen-bond donors (Lipinski definition) is 1. The number of imidazole rings is 1. The average molecular weight is 252 g/mol. The zero-order valence-corrected chi connectivity index (χ0v) is 8.94. The Balaban J connectivity index is 2.06. The van der Waals surface area contributed by atoms with E-state index in [1.54, 1.807) is 24.4 Å². The molecule has 0 amide bonds. The van der Waals surface area contributed by atoms with Crippen LogP contribution in [0.25, 0.3) is 16.6 Å². The molecule has 4 nitrogen and oxygen atoms in total. The fourth-order valence-corrected chi connectivity index (χ4v) is 1.70. The van der Waals surface area contributed by atoms with E-state index in [0.29, 0.717) is 5.69 Å². The molecular formula is C11H7F3N4. The van der Waals surface area contributed by atoms with Crippen molar-refractivity contribution < 1.29 is 13.2 Å². The second-order valence-electron chi connectivity index (χ2n) is 3.81. The van der Waals surface area contributed by atoms with Crippen LogP contribution >= 0.6 is 0 Å². The molecule has 0 saturated carbocycles. The predicted octanol–water partition coefficient (Wildman–Crippen LogP) is 2.77. The number of aromatic amines is 1. The van der Waals surface area contributed by atoms with Crippen molar-refractivity contribution in [2.75, 3.05) is 0 Å². The summed E-state index contributed by atoms with van der Waals surface area (Å²) in [5, 5.41) is 7.45. The van der Waals surface area contributed by atoms with Gasteiger partial charge in [0, 0.05) is 17.3 Å². The lowest BCUT2D eigenvalue weighted by Crippen LogP contribution is -2.04. The Morgan fingerprint density at radius 3 is 2.78 bits per heavy atom. The van der Waals surface area contributed by atoms with Gasteiger partial charge in [-0.2, -0.15) is 18.3 Å². The van der Waals surface area contributed by atoms with E-state index in [-0.39, 0.29) is 0 Å². The minimum absolute atomic E-state index is 0.604. The van der Waals surface area contributed by atoms with E-state index in [1.807, 2.05) is 0 Å². The Kier molecular flexibility index (Phi) is 2.16. The Morgan fingerprint density at radius 2 is 2.06 bits per heavy atom. The van der Waals surface area contributed by atoms with Gasteiger partial charge in [0.1, 0.15) is 0 Å². The molecule has 0 saturated heterocycles. The molecule has 2 heterocycles. The van der Waals surface area contributed by atoms with Crippen LogP contribution in [0.3, 0.4) is 0 Å². The van der Waals surface area contributed by atoms with Crippen molar-refractivity contribution in [2.24, 2.45) is 0 Å². The molecule has 0 radical (unpaired) electrons. The van der Waals surface area contributed by atoms with E-state index in [2.05, 4.69) is 15.2 Å². The van der Waals surface area contributed by atoms with Crippen LogP contribution in [-0.2, 0) is 6.18 Å². The monoisotopic (exact) mass is 252 g/mol. The lowest BCUT2D eigenvalue weighted by atomic mass is 10.2.